The maximum Gasteiger partial charge on any atom is 0.270 e. The molecule has 3 aromatic rings. The van der Waals surface area contributed by atoms with Gasteiger partial charge in [-0.3, -0.25) is 15.1 Å². The van der Waals surface area contributed by atoms with Gasteiger partial charge >= 0.3 is 0 Å². The topological polar surface area (TPSA) is 81.8 Å². The monoisotopic (exact) mass is 300 g/mol. The molecule has 104 valence electrons. The number of rotatable bonds is 2. The Bertz CT molecular complexity index is 867. The molecule has 0 bridgehead atoms. The summed E-state index contributed by atoms with van der Waals surface area (Å²) in [6.07, 6.45) is 3.18. The van der Waals surface area contributed by atoms with E-state index >= 15 is 0 Å². The van der Waals surface area contributed by atoms with Crippen molar-refractivity contribution in [2.45, 2.75) is 6.92 Å². The van der Waals surface area contributed by atoms with Crippen molar-refractivity contribution in [3.05, 3.63) is 57.6 Å². The average Bonchev–Trinajstić information content (AvgIpc) is 2.47. The van der Waals surface area contributed by atoms with Crippen LogP contribution in [0.1, 0.15) is 5.56 Å². The highest BCUT2D eigenvalue weighted by molar-refractivity contribution is 6.28. The quantitative estimate of drug-likeness (QED) is 0.410. The van der Waals surface area contributed by atoms with E-state index in [9.17, 15) is 10.1 Å². The first-order chi connectivity index (χ1) is 10.0. The number of aryl methyl sites for hydroxylation is 1. The molecule has 21 heavy (non-hydrogen) atoms. The van der Waals surface area contributed by atoms with Gasteiger partial charge in [0.05, 0.1) is 22.3 Å². The minimum Gasteiger partial charge on any atom is -0.258 e. The number of benzene rings is 1. The predicted molar refractivity (Wildman–Crippen MR) is 79.2 cm³/mol. The van der Waals surface area contributed by atoms with Crippen molar-refractivity contribution in [2.24, 2.45) is 0 Å². The predicted octanol–water partition coefficient (Wildman–Crippen LogP) is 3.56. The molecule has 0 fully saturated rings. The van der Waals surface area contributed by atoms with E-state index in [1.165, 1.54) is 12.1 Å². The fourth-order valence-corrected chi connectivity index (χ4v) is 2.20. The molecule has 0 saturated carbocycles. The molecule has 2 aromatic heterocycles. The van der Waals surface area contributed by atoms with E-state index in [1.54, 1.807) is 24.5 Å². The fraction of sp³-hybridized carbons (Fsp3) is 0.0714. The zero-order valence-corrected chi connectivity index (χ0v) is 11.7. The standard InChI is InChI=1S/C14H9ClN4O2/c1-8-2-3-10(19(20)21)5-11(8)12-4-9-6-17-14(15)18-13(9)7-16-12/h2-7H,1H3. The average molecular weight is 301 g/mol. The van der Waals surface area contributed by atoms with Crippen LogP contribution in [0.15, 0.2) is 36.7 Å². The van der Waals surface area contributed by atoms with E-state index < -0.39 is 4.92 Å². The molecular weight excluding hydrogens is 292 g/mol. The molecule has 6 nitrogen and oxygen atoms in total. The largest absolute Gasteiger partial charge is 0.270 e. The Kier molecular flexibility index (Phi) is 3.23. The van der Waals surface area contributed by atoms with Crippen LogP contribution in [-0.2, 0) is 0 Å². The Morgan fingerprint density at radius 3 is 2.76 bits per heavy atom. The van der Waals surface area contributed by atoms with Crippen LogP contribution in [-0.4, -0.2) is 19.9 Å². The number of hydrogen-bond donors (Lipinski definition) is 0. The third-order valence-corrected chi connectivity index (χ3v) is 3.33. The molecule has 7 heteroatoms. The van der Waals surface area contributed by atoms with Gasteiger partial charge in [-0.15, -0.1) is 0 Å². The maximum absolute atomic E-state index is 10.9. The lowest BCUT2D eigenvalue weighted by Crippen LogP contribution is -1.93. The molecule has 0 radical (unpaired) electrons. The van der Waals surface area contributed by atoms with E-state index in [1.807, 2.05) is 6.92 Å². The van der Waals surface area contributed by atoms with Gasteiger partial charge in [0.2, 0.25) is 5.28 Å². The number of halogens is 1. The van der Waals surface area contributed by atoms with Crippen LogP contribution in [0, 0.1) is 17.0 Å². The smallest absolute Gasteiger partial charge is 0.258 e. The zero-order chi connectivity index (χ0) is 15.0. The molecule has 3 rings (SSSR count). The van der Waals surface area contributed by atoms with Crippen LogP contribution in [0.3, 0.4) is 0 Å². The van der Waals surface area contributed by atoms with E-state index in [2.05, 4.69) is 15.0 Å². The number of nitrogens with zero attached hydrogens (tertiary/aromatic N) is 4. The lowest BCUT2D eigenvalue weighted by atomic mass is 10.0. The molecule has 0 aliphatic heterocycles. The second-order valence-corrected chi connectivity index (χ2v) is 4.86. The summed E-state index contributed by atoms with van der Waals surface area (Å²) in [5.74, 6) is 0. The summed E-state index contributed by atoms with van der Waals surface area (Å²) < 4.78 is 0. The van der Waals surface area contributed by atoms with Gasteiger partial charge in [-0.1, -0.05) is 6.07 Å². The lowest BCUT2D eigenvalue weighted by molar-refractivity contribution is -0.384. The van der Waals surface area contributed by atoms with E-state index in [0.717, 1.165) is 10.9 Å². The second kappa shape index (κ2) is 5.06. The molecule has 0 N–H and O–H groups in total. The van der Waals surface area contributed by atoms with Crippen molar-refractivity contribution in [1.29, 1.82) is 0 Å². The molecule has 0 aliphatic rings. The summed E-state index contributed by atoms with van der Waals surface area (Å²) in [5, 5.41) is 11.8. The zero-order valence-electron chi connectivity index (χ0n) is 10.9. The third-order valence-electron chi connectivity index (χ3n) is 3.14. The Balaban J connectivity index is 2.18. The van der Waals surface area contributed by atoms with Crippen LogP contribution in [0.2, 0.25) is 5.28 Å². The molecular formula is C14H9ClN4O2. The Morgan fingerprint density at radius 1 is 1.19 bits per heavy atom. The summed E-state index contributed by atoms with van der Waals surface area (Å²) in [7, 11) is 0. The number of nitro groups is 1. The molecule has 0 amide bonds. The number of non-ortho nitro benzene ring substituents is 1. The third kappa shape index (κ3) is 2.53. The second-order valence-electron chi connectivity index (χ2n) is 4.52. The summed E-state index contributed by atoms with van der Waals surface area (Å²) in [6.45, 7) is 1.88. The van der Waals surface area contributed by atoms with Gasteiger partial charge in [0.25, 0.3) is 5.69 Å². The first-order valence-corrected chi connectivity index (χ1v) is 6.46. The first kappa shape index (κ1) is 13.4. The number of fused-ring (bicyclic) bond motifs is 1. The lowest BCUT2D eigenvalue weighted by Gasteiger charge is -2.06. The Morgan fingerprint density at radius 2 is 2.00 bits per heavy atom. The molecule has 1 aromatic carbocycles. The highest BCUT2D eigenvalue weighted by atomic mass is 35.5. The summed E-state index contributed by atoms with van der Waals surface area (Å²) in [5.41, 5.74) is 2.91. The number of aromatic nitrogens is 3. The van der Waals surface area contributed by atoms with Crippen LogP contribution in [0.4, 0.5) is 5.69 Å². The number of pyridine rings is 1. The van der Waals surface area contributed by atoms with Crippen LogP contribution >= 0.6 is 11.6 Å². The van der Waals surface area contributed by atoms with Gasteiger partial charge in [-0.05, 0) is 30.2 Å². The van der Waals surface area contributed by atoms with Gasteiger partial charge in [-0.25, -0.2) is 9.97 Å². The highest BCUT2D eigenvalue weighted by Crippen LogP contribution is 2.27. The van der Waals surface area contributed by atoms with Crippen molar-refractivity contribution in [1.82, 2.24) is 15.0 Å². The van der Waals surface area contributed by atoms with Gasteiger partial charge in [0.15, 0.2) is 0 Å². The van der Waals surface area contributed by atoms with Crippen molar-refractivity contribution in [3.63, 3.8) is 0 Å². The van der Waals surface area contributed by atoms with Crippen LogP contribution < -0.4 is 0 Å². The first-order valence-electron chi connectivity index (χ1n) is 6.08. The Labute approximate surface area is 124 Å². The summed E-state index contributed by atoms with van der Waals surface area (Å²) in [6, 6.07) is 6.48. The summed E-state index contributed by atoms with van der Waals surface area (Å²) >= 11 is 5.73. The molecule has 0 atom stereocenters. The van der Waals surface area contributed by atoms with Crippen molar-refractivity contribution in [2.75, 3.05) is 0 Å². The van der Waals surface area contributed by atoms with Crippen molar-refractivity contribution < 1.29 is 4.92 Å². The Hall–Kier alpha value is -2.60. The van der Waals surface area contributed by atoms with E-state index in [4.69, 9.17) is 11.6 Å². The van der Waals surface area contributed by atoms with Gasteiger partial charge < -0.3 is 0 Å². The molecule has 0 unspecified atom stereocenters. The molecule has 0 saturated heterocycles. The van der Waals surface area contributed by atoms with Gasteiger partial charge in [0.1, 0.15) is 0 Å². The van der Waals surface area contributed by atoms with E-state index in [-0.39, 0.29) is 11.0 Å². The van der Waals surface area contributed by atoms with Crippen LogP contribution in [0.25, 0.3) is 22.2 Å². The normalized spacial score (nSPS) is 10.8. The number of nitro benzene ring substituents is 1. The highest BCUT2D eigenvalue weighted by Gasteiger charge is 2.12. The van der Waals surface area contributed by atoms with Gasteiger partial charge in [0, 0.05) is 29.3 Å². The minimum atomic E-state index is -0.424. The molecule has 0 spiro atoms. The fourth-order valence-electron chi connectivity index (χ4n) is 2.06. The van der Waals surface area contributed by atoms with Crippen molar-refractivity contribution >= 4 is 28.2 Å². The maximum atomic E-state index is 10.9. The molecule has 0 aliphatic carbocycles. The molecule has 2 heterocycles. The SMILES string of the molecule is Cc1ccc([N+](=O)[O-])cc1-c1cc2cnc(Cl)nc2cn1. The minimum absolute atomic E-state index is 0.0323. The summed E-state index contributed by atoms with van der Waals surface area (Å²) in [4.78, 5) is 22.8. The van der Waals surface area contributed by atoms with Gasteiger partial charge in [-0.2, -0.15) is 0 Å². The van der Waals surface area contributed by atoms with Crippen LogP contribution in [0.5, 0.6) is 0 Å². The van der Waals surface area contributed by atoms with Crippen molar-refractivity contribution in [3.8, 4) is 11.3 Å². The number of hydrogen-bond acceptors (Lipinski definition) is 5. The van der Waals surface area contributed by atoms with E-state index in [0.29, 0.717) is 16.8 Å².